The van der Waals surface area contributed by atoms with E-state index in [0.717, 1.165) is 23.1 Å². The SMILES string of the molecule is CCCNC(=O)/C(C#N)=C/c1cccc2cc(C)oc12. The van der Waals surface area contributed by atoms with Crippen LogP contribution in [0.2, 0.25) is 0 Å². The molecule has 0 aliphatic heterocycles. The molecule has 4 nitrogen and oxygen atoms in total. The number of nitrogens with zero attached hydrogens (tertiary/aromatic N) is 1. The normalized spacial score (nSPS) is 11.3. The van der Waals surface area contributed by atoms with Gasteiger partial charge < -0.3 is 9.73 Å². The van der Waals surface area contributed by atoms with Gasteiger partial charge in [-0.1, -0.05) is 25.1 Å². The van der Waals surface area contributed by atoms with Gasteiger partial charge in [0.05, 0.1) is 0 Å². The molecule has 1 aromatic heterocycles. The molecule has 20 heavy (non-hydrogen) atoms. The number of hydrogen-bond donors (Lipinski definition) is 1. The van der Waals surface area contributed by atoms with Crippen molar-refractivity contribution in [1.82, 2.24) is 5.32 Å². The van der Waals surface area contributed by atoms with Crippen LogP contribution in [0, 0.1) is 18.3 Å². The van der Waals surface area contributed by atoms with E-state index in [9.17, 15) is 4.79 Å². The Morgan fingerprint density at radius 2 is 2.30 bits per heavy atom. The minimum Gasteiger partial charge on any atom is -0.461 e. The van der Waals surface area contributed by atoms with E-state index in [4.69, 9.17) is 9.68 Å². The molecule has 2 rings (SSSR count). The van der Waals surface area contributed by atoms with E-state index in [2.05, 4.69) is 5.32 Å². The summed E-state index contributed by atoms with van der Waals surface area (Å²) in [6.45, 7) is 4.39. The quantitative estimate of drug-likeness (QED) is 0.684. The molecule has 0 unspecified atom stereocenters. The molecule has 4 heteroatoms. The highest BCUT2D eigenvalue weighted by atomic mass is 16.3. The van der Waals surface area contributed by atoms with Crippen LogP contribution in [0.3, 0.4) is 0 Å². The predicted molar refractivity (Wildman–Crippen MR) is 77.8 cm³/mol. The summed E-state index contributed by atoms with van der Waals surface area (Å²) in [4.78, 5) is 11.8. The average molecular weight is 268 g/mol. The molecule has 2 aromatic rings. The Morgan fingerprint density at radius 1 is 1.50 bits per heavy atom. The molecular weight excluding hydrogens is 252 g/mol. The standard InChI is InChI=1S/C16H16N2O2/c1-3-7-18-16(19)14(10-17)9-13-6-4-5-12-8-11(2)20-15(12)13/h4-6,8-9H,3,7H2,1-2H3,(H,18,19)/b14-9+. The van der Waals surface area contributed by atoms with Crippen molar-refractivity contribution < 1.29 is 9.21 Å². The molecule has 102 valence electrons. The molecule has 0 saturated carbocycles. The Bertz CT molecular complexity index is 705. The molecule has 1 amide bonds. The van der Waals surface area contributed by atoms with Crippen LogP contribution >= 0.6 is 0 Å². The van der Waals surface area contributed by atoms with Gasteiger partial charge in [0.1, 0.15) is 23.0 Å². The first-order valence-corrected chi connectivity index (χ1v) is 6.55. The number of amides is 1. The number of aryl methyl sites for hydroxylation is 1. The number of fused-ring (bicyclic) bond motifs is 1. The number of para-hydroxylation sites is 1. The van der Waals surface area contributed by atoms with Crippen molar-refractivity contribution in [3.8, 4) is 6.07 Å². The predicted octanol–water partition coefficient (Wildman–Crippen LogP) is 3.17. The second kappa shape index (κ2) is 6.07. The second-order valence-electron chi connectivity index (χ2n) is 4.55. The largest absolute Gasteiger partial charge is 0.461 e. The Balaban J connectivity index is 2.40. The highest BCUT2D eigenvalue weighted by Gasteiger charge is 2.10. The van der Waals surface area contributed by atoms with E-state index < -0.39 is 0 Å². The van der Waals surface area contributed by atoms with Gasteiger partial charge in [-0.15, -0.1) is 0 Å². The molecule has 0 saturated heterocycles. The third kappa shape index (κ3) is 2.89. The van der Waals surface area contributed by atoms with Crippen LogP contribution in [0.1, 0.15) is 24.7 Å². The summed E-state index contributed by atoms with van der Waals surface area (Å²) < 4.78 is 5.62. The molecule has 1 aromatic carbocycles. The fourth-order valence-corrected chi connectivity index (χ4v) is 1.97. The zero-order chi connectivity index (χ0) is 14.5. The lowest BCUT2D eigenvalue weighted by Crippen LogP contribution is -2.25. The van der Waals surface area contributed by atoms with Crippen LogP contribution in [0.15, 0.2) is 34.3 Å². The van der Waals surface area contributed by atoms with Gasteiger partial charge in [0.25, 0.3) is 5.91 Å². The topological polar surface area (TPSA) is 66.0 Å². The summed E-state index contributed by atoms with van der Waals surface area (Å²) in [6.07, 6.45) is 2.40. The molecule has 1 N–H and O–H groups in total. The molecule has 0 fully saturated rings. The first-order chi connectivity index (χ1) is 9.65. The third-order valence-electron chi connectivity index (χ3n) is 2.90. The molecule has 1 heterocycles. The lowest BCUT2D eigenvalue weighted by atomic mass is 10.1. The van der Waals surface area contributed by atoms with Crippen molar-refractivity contribution in [3.63, 3.8) is 0 Å². The van der Waals surface area contributed by atoms with Crippen LogP contribution in [0.25, 0.3) is 17.0 Å². The van der Waals surface area contributed by atoms with Crippen molar-refractivity contribution >= 4 is 23.0 Å². The average Bonchev–Trinajstić information content (AvgIpc) is 2.83. The van der Waals surface area contributed by atoms with Crippen molar-refractivity contribution in [2.75, 3.05) is 6.54 Å². The van der Waals surface area contributed by atoms with Crippen LogP contribution in [-0.4, -0.2) is 12.5 Å². The van der Waals surface area contributed by atoms with Crippen molar-refractivity contribution in [1.29, 1.82) is 5.26 Å². The Hall–Kier alpha value is -2.54. The number of benzene rings is 1. The smallest absolute Gasteiger partial charge is 0.261 e. The van der Waals surface area contributed by atoms with E-state index >= 15 is 0 Å². The second-order valence-corrected chi connectivity index (χ2v) is 4.55. The Morgan fingerprint density at radius 3 is 3.00 bits per heavy atom. The van der Waals surface area contributed by atoms with Crippen LogP contribution in [0.5, 0.6) is 0 Å². The van der Waals surface area contributed by atoms with Crippen molar-refractivity contribution in [3.05, 3.63) is 41.2 Å². The van der Waals surface area contributed by atoms with Gasteiger partial charge in [-0.3, -0.25) is 4.79 Å². The molecule has 0 aliphatic rings. The summed E-state index contributed by atoms with van der Waals surface area (Å²) in [5.41, 5.74) is 1.51. The van der Waals surface area contributed by atoms with E-state index in [0.29, 0.717) is 12.1 Å². The molecule has 0 radical (unpaired) electrons. The van der Waals surface area contributed by atoms with E-state index in [1.165, 1.54) is 0 Å². The van der Waals surface area contributed by atoms with Gasteiger partial charge in [-0.05, 0) is 25.5 Å². The fraction of sp³-hybridized carbons (Fsp3) is 0.250. The summed E-state index contributed by atoms with van der Waals surface area (Å²) in [5, 5.41) is 12.8. The maximum Gasteiger partial charge on any atom is 0.261 e. The van der Waals surface area contributed by atoms with Crippen LogP contribution in [0.4, 0.5) is 0 Å². The summed E-state index contributed by atoms with van der Waals surface area (Å²) in [7, 11) is 0. The van der Waals surface area contributed by atoms with Crippen molar-refractivity contribution in [2.24, 2.45) is 0 Å². The lowest BCUT2D eigenvalue weighted by molar-refractivity contribution is -0.117. The summed E-state index contributed by atoms with van der Waals surface area (Å²) in [5.74, 6) is 0.449. The number of nitrogens with one attached hydrogen (secondary N) is 1. The van der Waals surface area contributed by atoms with Crippen molar-refractivity contribution in [2.45, 2.75) is 20.3 Å². The molecular formula is C16H16N2O2. The van der Waals surface area contributed by atoms with Gasteiger partial charge in [0.2, 0.25) is 0 Å². The first-order valence-electron chi connectivity index (χ1n) is 6.55. The number of rotatable bonds is 4. The molecule has 0 aliphatic carbocycles. The van der Waals surface area contributed by atoms with Crippen LogP contribution < -0.4 is 5.32 Å². The van der Waals surface area contributed by atoms with Gasteiger partial charge in [-0.2, -0.15) is 5.26 Å². The zero-order valence-electron chi connectivity index (χ0n) is 11.6. The highest BCUT2D eigenvalue weighted by Crippen LogP contribution is 2.24. The number of nitriles is 1. The highest BCUT2D eigenvalue weighted by molar-refractivity contribution is 6.03. The van der Waals surface area contributed by atoms with Crippen LogP contribution in [-0.2, 0) is 4.79 Å². The number of carbonyl (C=O) groups is 1. The minimum atomic E-state index is -0.352. The molecule has 0 atom stereocenters. The third-order valence-corrected chi connectivity index (χ3v) is 2.90. The van der Waals surface area contributed by atoms with E-state index in [1.54, 1.807) is 6.08 Å². The van der Waals surface area contributed by atoms with E-state index in [-0.39, 0.29) is 11.5 Å². The summed E-state index contributed by atoms with van der Waals surface area (Å²) >= 11 is 0. The lowest BCUT2D eigenvalue weighted by Gasteiger charge is -2.02. The maximum absolute atomic E-state index is 11.8. The Kier molecular flexibility index (Phi) is 4.21. The fourth-order valence-electron chi connectivity index (χ4n) is 1.97. The van der Waals surface area contributed by atoms with E-state index in [1.807, 2.05) is 44.2 Å². The maximum atomic E-state index is 11.8. The number of hydrogen-bond acceptors (Lipinski definition) is 3. The Labute approximate surface area is 117 Å². The van der Waals surface area contributed by atoms with Gasteiger partial charge in [0.15, 0.2) is 0 Å². The minimum absolute atomic E-state index is 0.0833. The van der Waals surface area contributed by atoms with Gasteiger partial charge in [-0.25, -0.2) is 0 Å². The van der Waals surface area contributed by atoms with Gasteiger partial charge in [0, 0.05) is 17.5 Å². The first kappa shape index (κ1) is 13.9. The monoisotopic (exact) mass is 268 g/mol. The molecule has 0 bridgehead atoms. The number of carbonyl (C=O) groups excluding carboxylic acids is 1. The molecule has 0 spiro atoms. The number of furan rings is 1. The summed E-state index contributed by atoms with van der Waals surface area (Å²) in [6, 6.07) is 9.51. The zero-order valence-corrected chi connectivity index (χ0v) is 11.6. The van der Waals surface area contributed by atoms with Gasteiger partial charge >= 0.3 is 0 Å².